The van der Waals surface area contributed by atoms with Gasteiger partial charge in [0.1, 0.15) is 5.75 Å². The first-order chi connectivity index (χ1) is 9.22. The maximum absolute atomic E-state index is 12.0. The predicted octanol–water partition coefficient (Wildman–Crippen LogP) is 1.86. The Hall–Kier alpha value is -2.33. The lowest BCUT2D eigenvalue weighted by atomic mass is 10.1. The summed E-state index contributed by atoms with van der Waals surface area (Å²) in [6.45, 7) is -0.205. The molecular formula is C15H15NO3. The van der Waals surface area contributed by atoms with Gasteiger partial charge >= 0.3 is 0 Å². The molecule has 0 bridgehead atoms. The number of phenols is 1. The van der Waals surface area contributed by atoms with Crippen LogP contribution in [0.1, 0.15) is 22.0 Å². The zero-order valence-electron chi connectivity index (χ0n) is 10.3. The van der Waals surface area contributed by atoms with Crippen LogP contribution in [0.2, 0.25) is 0 Å². The standard InChI is InChI=1S/C15H15NO3/c17-10-13(11-6-2-1-3-7-11)16-15(19)12-8-4-5-9-14(12)18/h1-9,13,17-18H,10H2,(H,16,19)/t13-/m1/s1. The fourth-order valence-electron chi connectivity index (χ4n) is 1.82. The lowest BCUT2D eigenvalue weighted by molar-refractivity contribution is 0.0913. The van der Waals surface area contributed by atoms with E-state index in [4.69, 9.17) is 0 Å². The summed E-state index contributed by atoms with van der Waals surface area (Å²) in [7, 11) is 0. The predicted molar refractivity (Wildman–Crippen MR) is 71.8 cm³/mol. The minimum Gasteiger partial charge on any atom is -0.507 e. The summed E-state index contributed by atoms with van der Waals surface area (Å²) in [5.74, 6) is -0.495. The number of rotatable bonds is 4. The first-order valence-electron chi connectivity index (χ1n) is 5.97. The van der Waals surface area contributed by atoms with Crippen LogP contribution < -0.4 is 5.32 Å². The second kappa shape index (κ2) is 6.02. The van der Waals surface area contributed by atoms with Crippen molar-refractivity contribution in [3.8, 4) is 5.75 Å². The van der Waals surface area contributed by atoms with Crippen molar-refractivity contribution < 1.29 is 15.0 Å². The third-order valence-electron chi connectivity index (χ3n) is 2.84. The molecule has 19 heavy (non-hydrogen) atoms. The van der Waals surface area contributed by atoms with E-state index in [2.05, 4.69) is 5.32 Å². The van der Waals surface area contributed by atoms with Crippen molar-refractivity contribution >= 4 is 5.91 Å². The number of phenolic OH excluding ortho intramolecular Hbond substituents is 1. The van der Waals surface area contributed by atoms with E-state index in [0.717, 1.165) is 5.56 Å². The van der Waals surface area contributed by atoms with Crippen LogP contribution in [0, 0.1) is 0 Å². The van der Waals surface area contributed by atoms with Gasteiger partial charge in [-0.05, 0) is 17.7 Å². The normalized spacial score (nSPS) is 11.8. The molecule has 0 unspecified atom stereocenters. The smallest absolute Gasteiger partial charge is 0.255 e. The molecule has 0 aromatic heterocycles. The number of hydrogen-bond donors (Lipinski definition) is 3. The molecule has 0 fully saturated rings. The zero-order chi connectivity index (χ0) is 13.7. The molecule has 4 nitrogen and oxygen atoms in total. The molecule has 0 spiro atoms. The van der Waals surface area contributed by atoms with E-state index in [1.807, 2.05) is 30.3 Å². The van der Waals surface area contributed by atoms with Crippen molar-refractivity contribution in [2.75, 3.05) is 6.61 Å². The molecule has 4 heteroatoms. The molecular weight excluding hydrogens is 242 g/mol. The molecule has 2 aromatic carbocycles. The molecule has 1 amide bonds. The van der Waals surface area contributed by atoms with Crippen LogP contribution in [-0.2, 0) is 0 Å². The molecule has 0 aliphatic rings. The number of benzene rings is 2. The highest BCUT2D eigenvalue weighted by Crippen LogP contribution is 2.18. The molecule has 2 rings (SSSR count). The molecule has 2 aromatic rings. The van der Waals surface area contributed by atoms with E-state index in [0.29, 0.717) is 0 Å². The van der Waals surface area contributed by atoms with Crippen LogP contribution in [0.4, 0.5) is 0 Å². The van der Waals surface area contributed by atoms with Gasteiger partial charge in [0.2, 0.25) is 0 Å². The number of aliphatic hydroxyl groups is 1. The Kier molecular flexibility index (Phi) is 4.15. The average molecular weight is 257 g/mol. The molecule has 0 saturated heterocycles. The Morgan fingerprint density at radius 2 is 1.68 bits per heavy atom. The van der Waals surface area contributed by atoms with Gasteiger partial charge in [-0.3, -0.25) is 4.79 Å². The largest absolute Gasteiger partial charge is 0.507 e. The summed E-state index contributed by atoms with van der Waals surface area (Å²) in [4.78, 5) is 12.0. The van der Waals surface area contributed by atoms with Crippen molar-refractivity contribution in [2.45, 2.75) is 6.04 Å². The molecule has 3 N–H and O–H groups in total. The quantitative estimate of drug-likeness (QED) is 0.783. The van der Waals surface area contributed by atoms with Gasteiger partial charge in [-0.25, -0.2) is 0 Å². The summed E-state index contributed by atoms with van der Waals surface area (Å²) in [5.41, 5.74) is 1.01. The first kappa shape index (κ1) is 13.1. The second-order valence-electron chi connectivity index (χ2n) is 4.14. The monoisotopic (exact) mass is 257 g/mol. The third kappa shape index (κ3) is 3.11. The van der Waals surface area contributed by atoms with Crippen LogP contribution in [0.5, 0.6) is 5.75 Å². The van der Waals surface area contributed by atoms with Gasteiger partial charge in [-0.15, -0.1) is 0 Å². The second-order valence-corrected chi connectivity index (χ2v) is 4.14. The minimum atomic E-state index is -0.492. The van der Waals surface area contributed by atoms with Crippen molar-refractivity contribution in [3.05, 3.63) is 65.7 Å². The van der Waals surface area contributed by atoms with Crippen LogP contribution in [-0.4, -0.2) is 22.7 Å². The van der Waals surface area contributed by atoms with Gasteiger partial charge in [-0.1, -0.05) is 42.5 Å². The Labute approximate surface area is 111 Å². The van der Waals surface area contributed by atoms with Gasteiger partial charge in [0.15, 0.2) is 0 Å². The number of para-hydroxylation sites is 1. The lowest BCUT2D eigenvalue weighted by Crippen LogP contribution is -2.30. The van der Waals surface area contributed by atoms with Crippen LogP contribution in [0.3, 0.4) is 0 Å². The summed E-state index contributed by atoms with van der Waals surface area (Å²) >= 11 is 0. The number of hydrogen-bond acceptors (Lipinski definition) is 3. The van der Waals surface area contributed by atoms with E-state index in [9.17, 15) is 15.0 Å². The first-order valence-corrected chi connectivity index (χ1v) is 5.97. The van der Waals surface area contributed by atoms with E-state index in [1.165, 1.54) is 12.1 Å². The summed E-state index contributed by atoms with van der Waals surface area (Å²) in [6.07, 6.45) is 0. The molecule has 0 radical (unpaired) electrons. The molecule has 1 atom stereocenters. The highest BCUT2D eigenvalue weighted by atomic mass is 16.3. The van der Waals surface area contributed by atoms with Gasteiger partial charge in [0.05, 0.1) is 18.2 Å². The molecule has 98 valence electrons. The van der Waals surface area contributed by atoms with Crippen LogP contribution in [0.15, 0.2) is 54.6 Å². The zero-order valence-corrected chi connectivity index (χ0v) is 10.3. The average Bonchev–Trinajstić information content (AvgIpc) is 2.46. The fourth-order valence-corrected chi connectivity index (χ4v) is 1.82. The lowest BCUT2D eigenvalue weighted by Gasteiger charge is -2.17. The highest BCUT2D eigenvalue weighted by molar-refractivity contribution is 5.97. The number of nitrogens with one attached hydrogen (secondary N) is 1. The summed E-state index contributed by atoms with van der Waals surface area (Å²) < 4.78 is 0. The maximum Gasteiger partial charge on any atom is 0.255 e. The molecule has 0 saturated carbocycles. The fraction of sp³-hybridized carbons (Fsp3) is 0.133. The van der Waals surface area contributed by atoms with E-state index in [1.54, 1.807) is 12.1 Å². The van der Waals surface area contributed by atoms with Gasteiger partial charge < -0.3 is 15.5 Å². The topological polar surface area (TPSA) is 69.6 Å². The number of carbonyl (C=O) groups excluding carboxylic acids is 1. The van der Waals surface area contributed by atoms with Crippen molar-refractivity contribution in [1.82, 2.24) is 5.32 Å². The van der Waals surface area contributed by atoms with Crippen LogP contribution >= 0.6 is 0 Å². The van der Waals surface area contributed by atoms with Gasteiger partial charge in [0, 0.05) is 0 Å². The van der Waals surface area contributed by atoms with Gasteiger partial charge in [-0.2, -0.15) is 0 Å². The Morgan fingerprint density at radius 1 is 1.05 bits per heavy atom. The third-order valence-corrected chi connectivity index (χ3v) is 2.84. The molecule has 0 heterocycles. The van der Waals surface area contributed by atoms with Gasteiger partial charge in [0.25, 0.3) is 5.91 Å². The van der Waals surface area contributed by atoms with Crippen molar-refractivity contribution in [3.63, 3.8) is 0 Å². The Balaban J connectivity index is 2.16. The maximum atomic E-state index is 12.0. The van der Waals surface area contributed by atoms with Crippen LogP contribution in [0.25, 0.3) is 0 Å². The number of aliphatic hydroxyl groups excluding tert-OH is 1. The minimum absolute atomic E-state index is 0.0789. The number of amides is 1. The van der Waals surface area contributed by atoms with E-state index < -0.39 is 11.9 Å². The van der Waals surface area contributed by atoms with Crippen molar-refractivity contribution in [2.24, 2.45) is 0 Å². The SMILES string of the molecule is O=C(N[C@H](CO)c1ccccc1)c1ccccc1O. The molecule has 0 aliphatic carbocycles. The van der Waals surface area contributed by atoms with E-state index in [-0.39, 0.29) is 17.9 Å². The Bertz CT molecular complexity index is 554. The summed E-state index contributed by atoms with van der Waals surface area (Å²) in [5, 5.41) is 21.7. The highest BCUT2D eigenvalue weighted by Gasteiger charge is 2.16. The summed E-state index contributed by atoms with van der Waals surface area (Å²) in [6, 6.07) is 15.0. The number of carbonyl (C=O) groups is 1. The Morgan fingerprint density at radius 3 is 2.32 bits per heavy atom. The van der Waals surface area contributed by atoms with Crippen molar-refractivity contribution in [1.29, 1.82) is 0 Å². The number of aromatic hydroxyl groups is 1. The van der Waals surface area contributed by atoms with E-state index >= 15 is 0 Å². The molecule has 0 aliphatic heterocycles.